The summed E-state index contributed by atoms with van der Waals surface area (Å²) in [4.78, 5) is 34.3. The van der Waals surface area contributed by atoms with E-state index in [4.69, 9.17) is 0 Å². The number of hydrogen-bond acceptors (Lipinski definition) is 6. The molecule has 0 fully saturated rings. The van der Waals surface area contributed by atoms with E-state index in [1.54, 1.807) is 32.7 Å². The highest BCUT2D eigenvalue weighted by Crippen LogP contribution is 2.28. The first kappa shape index (κ1) is 17.6. The quantitative estimate of drug-likeness (QED) is 0.558. The van der Waals surface area contributed by atoms with Crippen LogP contribution >= 0.6 is 0 Å². The molecule has 0 aromatic carbocycles. The Hall–Kier alpha value is -3.81. The first-order valence-electron chi connectivity index (χ1n) is 8.77. The number of rotatable bonds is 5. The van der Waals surface area contributed by atoms with E-state index in [1.165, 1.54) is 11.1 Å². The third kappa shape index (κ3) is 3.52. The Bertz CT molecular complexity index is 1120. The van der Waals surface area contributed by atoms with Crippen molar-refractivity contribution in [2.24, 2.45) is 0 Å². The summed E-state index contributed by atoms with van der Waals surface area (Å²) >= 11 is 0. The molecular formula is C20H19N7O. The van der Waals surface area contributed by atoms with E-state index in [0.29, 0.717) is 23.8 Å². The Morgan fingerprint density at radius 1 is 1.11 bits per heavy atom. The van der Waals surface area contributed by atoms with E-state index < -0.39 is 0 Å². The zero-order valence-corrected chi connectivity index (χ0v) is 15.5. The molecule has 0 saturated carbocycles. The number of carbonyl (C=O) groups is 1. The average Bonchev–Trinajstić information content (AvgIpc) is 3.20. The number of fused-ring (bicyclic) bond motifs is 1. The summed E-state index contributed by atoms with van der Waals surface area (Å²) in [5.41, 5.74) is 3.61. The Kier molecular flexibility index (Phi) is 4.67. The van der Waals surface area contributed by atoms with Gasteiger partial charge in [0.05, 0.1) is 18.1 Å². The van der Waals surface area contributed by atoms with Gasteiger partial charge in [0.1, 0.15) is 17.2 Å². The molecule has 28 heavy (non-hydrogen) atoms. The fourth-order valence-electron chi connectivity index (χ4n) is 2.86. The minimum absolute atomic E-state index is 0.190. The fraction of sp³-hybridized carbons (Fsp3) is 0.150. The molecule has 0 unspecified atom stereocenters. The first-order valence-corrected chi connectivity index (χ1v) is 8.77. The Morgan fingerprint density at radius 3 is 2.71 bits per heavy atom. The van der Waals surface area contributed by atoms with Gasteiger partial charge >= 0.3 is 0 Å². The van der Waals surface area contributed by atoms with Crippen LogP contribution in [-0.2, 0) is 6.54 Å². The molecule has 0 radical (unpaired) electrons. The number of aromatic nitrogens is 5. The molecule has 4 rings (SSSR count). The smallest absolute Gasteiger partial charge is 0.273 e. The van der Waals surface area contributed by atoms with Gasteiger partial charge in [0, 0.05) is 50.2 Å². The van der Waals surface area contributed by atoms with Crippen molar-refractivity contribution in [2.45, 2.75) is 6.54 Å². The van der Waals surface area contributed by atoms with Gasteiger partial charge in [0.2, 0.25) is 0 Å². The van der Waals surface area contributed by atoms with Crippen LogP contribution in [0.1, 0.15) is 16.1 Å². The lowest BCUT2D eigenvalue weighted by Crippen LogP contribution is -2.23. The average molecular weight is 373 g/mol. The lowest BCUT2D eigenvalue weighted by Gasteiger charge is -2.11. The summed E-state index contributed by atoms with van der Waals surface area (Å²) in [6, 6.07) is 7.75. The minimum Gasteiger partial charge on any atom is -0.366 e. The lowest BCUT2D eigenvalue weighted by molar-refractivity contribution is 0.0821. The van der Waals surface area contributed by atoms with Crippen LogP contribution < -0.4 is 5.32 Å². The summed E-state index contributed by atoms with van der Waals surface area (Å²) < 4.78 is 0. The number of hydrogen-bond donors (Lipinski definition) is 2. The van der Waals surface area contributed by atoms with Crippen molar-refractivity contribution in [3.05, 3.63) is 66.5 Å². The van der Waals surface area contributed by atoms with Crippen LogP contribution in [0.15, 0.2) is 55.2 Å². The highest BCUT2D eigenvalue weighted by Gasteiger charge is 2.15. The van der Waals surface area contributed by atoms with Crippen molar-refractivity contribution >= 4 is 22.8 Å². The van der Waals surface area contributed by atoms with Gasteiger partial charge in [-0.05, 0) is 29.8 Å². The maximum Gasteiger partial charge on any atom is 0.273 e. The van der Waals surface area contributed by atoms with E-state index in [9.17, 15) is 4.79 Å². The van der Waals surface area contributed by atoms with E-state index >= 15 is 0 Å². The number of nitrogens with zero attached hydrogens (tertiary/aromatic N) is 5. The van der Waals surface area contributed by atoms with E-state index in [-0.39, 0.29) is 5.91 Å². The summed E-state index contributed by atoms with van der Waals surface area (Å²) in [5, 5.41) is 4.24. The normalized spacial score (nSPS) is 10.8. The van der Waals surface area contributed by atoms with Crippen LogP contribution in [0.4, 0.5) is 5.82 Å². The van der Waals surface area contributed by atoms with Crippen LogP contribution in [0.2, 0.25) is 0 Å². The third-order valence-electron chi connectivity index (χ3n) is 4.29. The molecule has 0 bridgehead atoms. The number of pyridine rings is 2. The zero-order valence-electron chi connectivity index (χ0n) is 15.5. The predicted molar refractivity (Wildman–Crippen MR) is 107 cm³/mol. The highest BCUT2D eigenvalue weighted by molar-refractivity contribution is 5.95. The standard InChI is InChI=1S/C20H19N7O/c1-27(2)20(28)17-12-22-11-16(25-17)15-9-18(26-19-14(15)5-8-23-19)24-10-13-3-6-21-7-4-13/h3-9,11-12H,10H2,1-2H3,(H2,23,24,26). The maximum atomic E-state index is 12.3. The largest absolute Gasteiger partial charge is 0.366 e. The van der Waals surface area contributed by atoms with Crippen molar-refractivity contribution in [1.82, 2.24) is 29.8 Å². The van der Waals surface area contributed by atoms with E-state index in [0.717, 1.165) is 22.2 Å². The zero-order chi connectivity index (χ0) is 19.5. The second-order valence-electron chi connectivity index (χ2n) is 6.49. The van der Waals surface area contributed by atoms with Crippen molar-refractivity contribution in [2.75, 3.05) is 19.4 Å². The number of amides is 1. The van der Waals surface area contributed by atoms with Gasteiger partial charge in [-0.1, -0.05) is 0 Å². The summed E-state index contributed by atoms with van der Waals surface area (Å²) in [7, 11) is 3.38. The lowest BCUT2D eigenvalue weighted by atomic mass is 10.1. The van der Waals surface area contributed by atoms with Gasteiger partial charge < -0.3 is 15.2 Å². The molecule has 0 aliphatic heterocycles. The first-order chi connectivity index (χ1) is 13.6. The third-order valence-corrected chi connectivity index (χ3v) is 4.29. The second kappa shape index (κ2) is 7.43. The van der Waals surface area contributed by atoms with Crippen molar-refractivity contribution in [3.8, 4) is 11.3 Å². The van der Waals surface area contributed by atoms with Gasteiger partial charge in [-0.2, -0.15) is 0 Å². The molecule has 8 heteroatoms. The SMILES string of the molecule is CN(C)C(=O)c1cncc(-c2cc(NCc3ccncc3)nc3[nH]ccc23)n1. The Labute approximate surface area is 161 Å². The van der Waals surface area contributed by atoms with Gasteiger partial charge in [0.25, 0.3) is 5.91 Å². The van der Waals surface area contributed by atoms with Crippen molar-refractivity contribution < 1.29 is 4.79 Å². The van der Waals surface area contributed by atoms with Gasteiger partial charge in [-0.3, -0.25) is 14.8 Å². The molecule has 8 nitrogen and oxygen atoms in total. The Morgan fingerprint density at radius 2 is 1.93 bits per heavy atom. The number of carbonyl (C=O) groups excluding carboxylic acids is 1. The molecule has 1 amide bonds. The van der Waals surface area contributed by atoms with Gasteiger partial charge in [0.15, 0.2) is 0 Å². The van der Waals surface area contributed by atoms with Crippen LogP contribution in [0.3, 0.4) is 0 Å². The molecule has 2 N–H and O–H groups in total. The number of H-pyrrole nitrogens is 1. The van der Waals surface area contributed by atoms with Crippen LogP contribution in [-0.4, -0.2) is 49.8 Å². The number of aromatic amines is 1. The molecular weight excluding hydrogens is 354 g/mol. The topological polar surface area (TPSA) is 99.7 Å². The molecule has 4 aromatic rings. The number of anilines is 1. The molecule has 140 valence electrons. The van der Waals surface area contributed by atoms with Crippen LogP contribution in [0.25, 0.3) is 22.3 Å². The second-order valence-corrected chi connectivity index (χ2v) is 6.49. The van der Waals surface area contributed by atoms with Crippen LogP contribution in [0, 0.1) is 0 Å². The molecule has 4 heterocycles. The Balaban J connectivity index is 1.71. The minimum atomic E-state index is -0.190. The molecule has 0 saturated heterocycles. The monoisotopic (exact) mass is 373 g/mol. The van der Waals surface area contributed by atoms with Crippen molar-refractivity contribution in [3.63, 3.8) is 0 Å². The molecule has 0 aliphatic rings. The maximum absolute atomic E-state index is 12.3. The fourth-order valence-corrected chi connectivity index (χ4v) is 2.86. The molecule has 0 aliphatic carbocycles. The van der Waals surface area contributed by atoms with E-state index in [1.807, 2.05) is 30.5 Å². The molecule has 0 atom stereocenters. The van der Waals surface area contributed by atoms with Crippen molar-refractivity contribution in [1.29, 1.82) is 0 Å². The highest BCUT2D eigenvalue weighted by atomic mass is 16.2. The van der Waals surface area contributed by atoms with Gasteiger partial charge in [-0.25, -0.2) is 9.97 Å². The predicted octanol–water partition coefficient (Wildman–Crippen LogP) is 2.73. The van der Waals surface area contributed by atoms with Crippen LogP contribution in [0.5, 0.6) is 0 Å². The summed E-state index contributed by atoms with van der Waals surface area (Å²) in [6.45, 7) is 0.617. The summed E-state index contributed by atoms with van der Waals surface area (Å²) in [6.07, 6.45) is 8.47. The molecule has 0 spiro atoms. The van der Waals surface area contributed by atoms with Gasteiger partial charge in [-0.15, -0.1) is 0 Å². The van der Waals surface area contributed by atoms with E-state index in [2.05, 4.69) is 30.2 Å². The summed E-state index contributed by atoms with van der Waals surface area (Å²) in [5.74, 6) is 0.512. The number of nitrogens with one attached hydrogen (secondary N) is 2. The molecule has 4 aromatic heterocycles.